The van der Waals surface area contributed by atoms with E-state index in [0.29, 0.717) is 0 Å². The molecule has 0 radical (unpaired) electrons. The number of aromatic nitrogens is 3. The number of aliphatic hydroxyl groups excluding tert-OH is 1. The summed E-state index contributed by atoms with van der Waals surface area (Å²) in [6, 6.07) is 0. The number of nitrogens with zero attached hydrogens (tertiary/aromatic N) is 1. The van der Waals surface area contributed by atoms with Gasteiger partial charge in [0.2, 0.25) is 0 Å². The second-order valence-corrected chi connectivity index (χ2v) is 3.77. The van der Waals surface area contributed by atoms with Crippen LogP contribution in [0.2, 0.25) is 0 Å². The summed E-state index contributed by atoms with van der Waals surface area (Å²) >= 11 is 0. The molecule has 0 fully saturated rings. The first-order valence-corrected chi connectivity index (χ1v) is 3.95. The second kappa shape index (κ2) is 3.21. The van der Waals surface area contributed by atoms with E-state index in [1.807, 2.05) is 0 Å². The van der Waals surface area contributed by atoms with E-state index in [0.717, 1.165) is 4.57 Å². The topological polar surface area (TPSA) is 90.9 Å². The Balaban J connectivity index is 2.99. The second-order valence-electron chi connectivity index (χ2n) is 3.77. The lowest BCUT2D eigenvalue weighted by atomic mass is 9.95. The van der Waals surface area contributed by atoms with E-state index in [1.54, 1.807) is 13.8 Å². The van der Waals surface area contributed by atoms with Gasteiger partial charge in [-0.3, -0.25) is 0 Å². The minimum absolute atomic E-state index is 0.0793. The minimum atomic E-state index is -0.480. The van der Waals surface area contributed by atoms with Gasteiger partial charge in [-0.2, -0.15) is 0 Å². The van der Waals surface area contributed by atoms with Gasteiger partial charge in [0.15, 0.2) is 0 Å². The van der Waals surface area contributed by atoms with Gasteiger partial charge in [0.1, 0.15) is 0 Å². The Labute approximate surface area is 74.2 Å². The fraction of sp³-hybridized carbons (Fsp3) is 0.714. The molecule has 0 aliphatic heterocycles. The van der Waals surface area contributed by atoms with Crippen molar-refractivity contribution in [3.8, 4) is 0 Å². The first-order chi connectivity index (χ1) is 5.96. The molecule has 0 aliphatic carbocycles. The number of aromatic amines is 2. The Morgan fingerprint density at radius 2 is 1.77 bits per heavy atom. The fourth-order valence-electron chi connectivity index (χ4n) is 0.956. The third-order valence-corrected chi connectivity index (χ3v) is 1.78. The lowest BCUT2D eigenvalue weighted by Crippen LogP contribution is -2.35. The Morgan fingerprint density at radius 1 is 1.31 bits per heavy atom. The molecule has 1 heterocycles. The number of H-pyrrole nitrogens is 2. The minimum Gasteiger partial charge on any atom is -0.396 e. The van der Waals surface area contributed by atoms with E-state index >= 15 is 0 Å². The smallest absolute Gasteiger partial charge is 0.344 e. The highest BCUT2D eigenvalue weighted by atomic mass is 16.3. The molecular formula is C7H13N3O3. The van der Waals surface area contributed by atoms with Crippen molar-refractivity contribution in [2.45, 2.75) is 20.4 Å². The quantitative estimate of drug-likeness (QED) is 0.560. The summed E-state index contributed by atoms with van der Waals surface area (Å²) in [4.78, 5) is 22.1. The highest BCUT2D eigenvalue weighted by Crippen LogP contribution is 2.14. The average Bonchev–Trinajstić information content (AvgIpc) is 2.36. The molecule has 1 aromatic heterocycles. The van der Waals surface area contributed by atoms with Gasteiger partial charge in [-0.15, -0.1) is 0 Å². The molecule has 0 unspecified atom stereocenters. The van der Waals surface area contributed by atoms with Crippen LogP contribution >= 0.6 is 0 Å². The number of hydrogen-bond donors (Lipinski definition) is 3. The number of hydrogen-bond acceptors (Lipinski definition) is 3. The lowest BCUT2D eigenvalue weighted by molar-refractivity contribution is 0.138. The molecule has 0 amide bonds. The van der Waals surface area contributed by atoms with Gasteiger partial charge in [-0.25, -0.2) is 24.4 Å². The monoisotopic (exact) mass is 187 g/mol. The summed E-state index contributed by atoms with van der Waals surface area (Å²) < 4.78 is 1.02. The molecule has 6 heteroatoms. The molecule has 6 nitrogen and oxygen atoms in total. The summed E-state index contributed by atoms with van der Waals surface area (Å²) in [7, 11) is 0. The molecule has 13 heavy (non-hydrogen) atoms. The standard InChI is InChI=1S/C7H13N3O3/c1-7(2,4-11)3-10-5(12)8-9-6(10)13/h11H,3-4H2,1-2H3,(H,8,12)(H,9,13). The molecule has 0 aromatic carbocycles. The van der Waals surface area contributed by atoms with E-state index in [-0.39, 0.29) is 13.2 Å². The fourth-order valence-corrected chi connectivity index (χ4v) is 0.956. The van der Waals surface area contributed by atoms with Crippen LogP contribution in [0.5, 0.6) is 0 Å². The molecule has 0 saturated carbocycles. The van der Waals surface area contributed by atoms with Crippen molar-refractivity contribution >= 4 is 0 Å². The third kappa shape index (κ3) is 2.09. The molecule has 0 spiro atoms. The maximum atomic E-state index is 11.0. The Morgan fingerprint density at radius 3 is 2.15 bits per heavy atom. The van der Waals surface area contributed by atoms with Crippen molar-refractivity contribution < 1.29 is 5.11 Å². The zero-order valence-corrected chi connectivity index (χ0v) is 7.63. The predicted molar refractivity (Wildman–Crippen MR) is 46.5 cm³/mol. The van der Waals surface area contributed by atoms with Crippen LogP contribution in [0.3, 0.4) is 0 Å². The molecule has 1 aromatic rings. The van der Waals surface area contributed by atoms with Gasteiger partial charge in [0, 0.05) is 18.6 Å². The molecule has 74 valence electrons. The Kier molecular flexibility index (Phi) is 2.42. The summed E-state index contributed by atoms with van der Waals surface area (Å²) in [5.41, 5.74) is -1.43. The van der Waals surface area contributed by atoms with Crippen LogP contribution in [0.15, 0.2) is 9.59 Å². The van der Waals surface area contributed by atoms with Crippen molar-refractivity contribution in [2.24, 2.45) is 5.41 Å². The Bertz CT molecular complexity index is 357. The molecule has 3 N–H and O–H groups in total. The van der Waals surface area contributed by atoms with Gasteiger partial charge in [0.25, 0.3) is 0 Å². The van der Waals surface area contributed by atoms with Gasteiger partial charge in [-0.1, -0.05) is 13.8 Å². The first-order valence-electron chi connectivity index (χ1n) is 3.95. The van der Waals surface area contributed by atoms with Gasteiger partial charge in [0.05, 0.1) is 0 Å². The molecular weight excluding hydrogens is 174 g/mol. The van der Waals surface area contributed by atoms with E-state index in [2.05, 4.69) is 10.2 Å². The van der Waals surface area contributed by atoms with Crippen molar-refractivity contribution in [1.29, 1.82) is 0 Å². The SMILES string of the molecule is CC(C)(CO)Cn1c(=O)[nH][nH]c1=O. The summed E-state index contributed by atoms with van der Waals surface area (Å²) in [5.74, 6) is 0. The van der Waals surface area contributed by atoms with Crippen LogP contribution in [0.25, 0.3) is 0 Å². The largest absolute Gasteiger partial charge is 0.396 e. The lowest BCUT2D eigenvalue weighted by Gasteiger charge is -2.20. The highest BCUT2D eigenvalue weighted by Gasteiger charge is 2.19. The van der Waals surface area contributed by atoms with Crippen LogP contribution < -0.4 is 11.4 Å². The first kappa shape index (κ1) is 9.79. The van der Waals surface area contributed by atoms with Crippen LogP contribution in [0, 0.1) is 5.41 Å². The van der Waals surface area contributed by atoms with Crippen molar-refractivity contribution in [1.82, 2.24) is 14.8 Å². The van der Waals surface area contributed by atoms with E-state index in [9.17, 15) is 9.59 Å². The maximum absolute atomic E-state index is 11.0. The predicted octanol–water partition coefficient (Wildman–Crippen LogP) is -1.12. The molecule has 0 atom stereocenters. The zero-order valence-electron chi connectivity index (χ0n) is 7.63. The Hall–Kier alpha value is -1.30. The molecule has 1 rings (SSSR count). The summed E-state index contributed by atoms with van der Waals surface area (Å²) in [6.07, 6.45) is 0. The third-order valence-electron chi connectivity index (χ3n) is 1.78. The van der Waals surface area contributed by atoms with E-state index < -0.39 is 16.8 Å². The van der Waals surface area contributed by atoms with Gasteiger partial charge < -0.3 is 5.11 Å². The molecule has 0 saturated heterocycles. The number of rotatable bonds is 3. The maximum Gasteiger partial charge on any atom is 0.344 e. The zero-order chi connectivity index (χ0) is 10.1. The van der Waals surface area contributed by atoms with Crippen LogP contribution in [-0.4, -0.2) is 26.5 Å². The van der Waals surface area contributed by atoms with Crippen molar-refractivity contribution in [3.05, 3.63) is 21.0 Å². The summed E-state index contributed by atoms with van der Waals surface area (Å²) in [6.45, 7) is 3.66. The summed E-state index contributed by atoms with van der Waals surface area (Å²) in [5, 5.41) is 13.3. The van der Waals surface area contributed by atoms with Gasteiger partial charge >= 0.3 is 11.4 Å². The molecule has 0 aliphatic rings. The number of nitrogens with one attached hydrogen (secondary N) is 2. The van der Waals surface area contributed by atoms with Gasteiger partial charge in [-0.05, 0) is 0 Å². The van der Waals surface area contributed by atoms with Crippen molar-refractivity contribution in [3.63, 3.8) is 0 Å². The normalized spacial score (nSPS) is 11.9. The average molecular weight is 187 g/mol. The van der Waals surface area contributed by atoms with Crippen LogP contribution in [0.4, 0.5) is 0 Å². The van der Waals surface area contributed by atoms with Crippen LogP contribution in [-0.2, 0) is 6.54 Å². The van der Waals surface area contributed by atoms with E-state index in [4.69, 9.17) is 5.11 Å². The van der Waals surface area contributed by atoms with Crippen molar-refractivity contribution in [2.75, 3.05) is 6.61 Å². The molecule has 0 bridgehead atoms. The van der Waals surface area contributed by atoms with Crippen LogP contribution in [0.1, 0.15) is 13.8 Å². The number of aliphatic hydroxyl groups is 1. The van der Waals surface area contributed by atoms with E-state index in [1.165, 1.54) is 0 Å². The highest BCUT2D eigenvalue weighted by molar-refractivity contribution is 4.73.